The predicted octanol–water partition coefficient (Wildman–Crippen LogP) is 2.38. The van der Waals surface area contributed by atoms with Crippen LogP contribution in [0.1, 0.15) is 34.1 Å². The van der Waals surface area contributed by atoms with E-state index in [-0.39, 0.29) is 12.0 Å². The molecule has 0 fully saturated rings. The first-order valence-corrected chi connectivity index (χ1v) is 6.84. The van der Waals surface area contributed by atoms with E-state index in [2.05, 4.69) is 6.58 Å². The highest BCUT2D eigenvalue weighted by Gasteiger charge is 2.50. The zero-order valence-corrected chi connectivity index (χ0v) is 12.9. The SMILES string of the molecule is C=C(C)[C@@H](O)C(F)(F)C(=O)[C@@H](CC)OC(=O)N(CC)CC. The van der Waals surface area contributed by atoms with E-state index in [1.807, 2.05) is 0 Å². The molecule has 122 valence electrons. The van der Waals surface area contributed by atoms with Crippen LogP contribution in [0, 0.1) is 0 Å². The molecule has 21 heavy (non-hydrogen) atoms. The van der Waals surface area contributed by atoms with Crippen LogP contribution in [0.4, 0.5) is 13.6 Å². The first-order valence-electron chi connectivity index (χ1n) is 6.84. The summed E-state index contributed by atoms with van der Waals surface area (Å²) in [6.45, 7) is 9.92. The summed E-state index contributed by atoms with van der Waals surface area (Å²) in [6.07, 6.45) is -4.85. The van der Waals surface area contributed by atoms with Crippen LogP contribution < -0.4 is 0 Å². The fraction of sp³-hybridized carbons (Fsp3) is 0.714. The topological polar surface area (TPSA) is 66.8 Å². The third-order valence-corrected chi connectivity index (χ3v) is 3.07. The molecule has 0 saturated carbocycles. The molecule has 0 aliphatic rings. The number of carbonyl (C=O) groups excluding carboxylic acids is 2. The fourth-order valence-corrected chi connectivity index (χ4v) is 1.66. The predicted molar refractivity (Wildman–Crippen MR) is 74.3 cm³/mol. The average Bonchev–Trinajstić information content (AvgIpc) is 2.44. The number of carbonyl (C=O) groups is 2. The van der Waals surface area contributed by atoms with Gasteiger partial charge in [0.15, 0.2) is 6.10 Å². The normalized spacial score (nSPS) is 14.2. The molecule has 0 heterocycles. The van der Waals surface area contributed by atoms with Crippen molar-refractivity contribution in [3.05, 3.63) is 12.2 Å². The second-order valence-corrected chi connectivity index (χ2v) is 4.69. The highest BCUT2D eigenvalue weighted by Crippen LogP contribution is 2.27. The van der Waals surface area contributed by atoms with Crippen LogP contribution in [-0.4, -0.2) is 53.1 Å². The standard InChI is InChI=1S/C14H23F2NO4/c1-6-10(21-13(20)17(7-2)8-3)12(19)14(15,16)11(18)9(4)5/h10-11,18H,4,6-8H2,1-3,5H3/t10-,11-/m1/s1. The molecule has 0 aromatic carbocycles. The van der Waals surface area contributed by atoms with Crippen molar-refractivity contribution >= 4 is 11.9 Å². The van der Waals surface area contributed by atoms with Gasteiger partial charge in [0.2, 0.25) is 5.78 Å². The lowest BCUT2D eigenvalue weighted by Gasteiger charge is -2.27. The van der Waals surface area contributed by atoms with Crippen LogP contribution in [-0.2, 0) is 9.53 Å². The van der Waals surface area contributed by atoms with E-state index in [9.17, 15) is 23.5 Å². The minimum absolute atomic E-state index is 0.107. The van der Waals surface area contributed by atoms with E-state index in [0.29, 0.717) is 13.1 Å². The van der Waals surface area contributed by atoms with E-state index >= 15 is 0 Å². The Morgan fingerprint density at radius 3 is 2.10 bits per heavy atom. The summed E-state index contributed by atoms with van der Waals surface area (Å²) < 4.78 is 32.5. The summed E-state index contributed by atoms with van der Waals surface area (Å²) in [5.41, 5.74) is -0.238. The Kier molecular flexibility index (Phi) is 7.49. The van der Waals surface area contributed by atoms with E-state index < -0.39 is 30.0 Å². The number of rotatable bonds is 8. The van der Waals surface area contributed by atoms with E-state index in [0.717, 1.165) is 0 Å². The number of ether oxygens (including phenoxy) is 1. The molecule has 0 radical (unpaired) electrons. The molecule has 7 heteroatoms. The third-order valence-electron chi connectivity index (χ3n) is 3.07. The van der Waals surface area contributed by atoms with Crippen LogP contribution in [0.2, 0.25) is 0 Å². The first kappa shape index (κ1) is 19.5. The average molecular weight is 307 g/mol. The lowest BCUT2D eigenvalue weighted by Crippen LogP contribution is -2.49. The molecule has 2 atom stereocenters. The number of nitrogens with zero attached hydrogens (tertiary/aromatic N) is 1. The zero-order valence-electron chi connectivity index (χ0n) is 12.9. The lowest BCUT2D eigenvalue weighted by molar-refractivity contribution is -0.165. The zero-order chi connectivity index (χ0) is 16.8. The molecule has 1 N–H and O–H groups in total. The minimum Gasteiger partial charge on any atom is -0.438 e. The Hall–Kier alpha value is -1.50. The summed E-state index contributed by atoms with van der Waals surface area (Å²) in [5.74, 6) is -5.67. The number of hydrogen-bond acceptors (Lipinski definition) is 4. The monoisotopic (exact) mass is 307 g/mol. The van der Waals surface area contributed by atoms with Gasteiger partial charge in [-0.25, -0.2) is 4.79 Å². The van der Waals surface area contributed by atoms with Crippen LogP contribution >= 0.6 is 0 Å². The third kappa shape index (κ3) is 4.77. The van der Waals surface area contributed by atoms with Gasteiger partial charge in [-0.05, 0) is 32.8 Å². The Morgan fingerprint density at radius 2 is 1.76 bits per heavy atom. The highest BCUT2D eigenvalue weighted by molar-refractivity contribution is 5.92. The molecule has 0 aromatic heterocycles. The molecular weight excluding hydrogens is 284 g/mol. The summed E-state index contributed by atoms with van der Waals surface area (Å²) >= 11 is 0. The van der Waals surface area contributed by atoms with E-state index in [4.69, 9.17) is 4.74 Å². The van der Waals surface area contributed by atoms with Gasteiger partial charge in [-0.2, -0.15) is 8.78 Å². The highest BCUT2D eigenvalue weighted by atomic mass is 19.3. The molecule has 0 unspecified atom stereocenters. The molecule has 0 spiro atoms. The van der Waals surface area contributed by atoms with Gasteiger partial charge in [-0.1, -0.05) is 13.5 Å². The summed E-state index contributed by atoms with van der Waals surface area (Å²) in [7, 11) is 0. The van der Waals surface area contributed by atoms with Crippen molar-refractivity contribution in [3.63, 3.8) is 0 Å². The minimum atomic E-state index is -4.05. The number of halogens is 2. The number of aliphatic hydroxyl groups is 1. The maximum atomic E-state index is 13.8. The van der Waals surface area contributed by atoms with Gasteiger partial charge in [0, 0.05) is 13.1 Å². The first-order chi connectivity index (χ1) is 9.63. The Bertz CT molecular complexity index is 394. The lowest BCUT2D eigenvalue weighted by atomic mass is 9.98. The molecular formula is C14H23F2NO4. The number of alkyl halides is 2. The van der Waals surface area contributed by atoms with Gasteiger partial charge >= 0.3 is 12.0 Å². The van der Waals surface area contributed by atoms with Crippen molar-refractivity contribution < 1.29 is 28.2 Å². The van der Waals surface area contributed by atoms with Crippen molar-refractivity contribution in [1.82, 2.24) is 4.90 Å². The van der Waals surface area contributed by atoms with Crippen molar-refractivity contribution in [2.24, 2.45) is 0 Å². The number of Topliss-reactive ketones (excluding diaryl/α,β-unsaturated/α-hetero) is 1. The second kappa shape index (κ2) is 8.07. The summed E-state index contributed by atoms with van der Waals surface area (Å²) in [6, 6.07) is 0. The van der Waals surface area contributed by atoms with Gasteiger partial charge in [-0.15, -0.1) is 0 Å². The van der Waals surface area contributed by atoms with Crippen molar-refractivity contribution in [2.75, 3.05) is 13.1 Å². The Labute approximate surface area is 123 Å². The molecule has 0 rings (SSSR count). The van der Waals surface area contributed by atoms with Gasteiger partial charge in [0.25, 0.3) is 0 Å². The van der Waals surface area contributed by atoms with Crippen molar-refractivity contribution in [1.29, 1.82) is 0 Å². The van der Waals surface area contributed by atoms with Crippen LogP contribution in [0.5, 0.6) is 0 Å². The number of amides is 1. The van der Waals surface area contributed by atoms with Crippen LogP contribution in [0.15, 0.2) is 12.2 Å². The number of ketones is 1. The van der Waals surface area contributed by atoms with Gasteiger partial charge < -0.3 is 14.7 Å². The number of aliphatic hydroxyl groups excluding tert-OH is 1. The maximum Gasteiger partial charge on any atom is 0.410 e. The summed E-state index contributed by atoms with van der Waals surface area (Å²) in [5, 5.41) is 9.38. The van der Waals surface area contributed by atoms with E-state index in [1.54, 1.807) is 13.8 Å². The van der Waals surface area contributed by atoms with Gasteiger partial charge in [-0.3, -0.25) is 4.79 Å². The summed E-state index contributed by atoms with van der Waals surface area (Å²) in [4.78, 5) is 24.8. The van der Waals surface area contributed by atoms with Crippen LogP contribution in [0.3, 0.4) is 0 Å². The molecule has 5 nitrogen and oxygen atoms in total. The van der Waals surface area contributed by atoms with Crippen LogP contribution in [0.25, 0.3) is 0 Å². The quantitative estimate of drug-likeness (QED) is 0.699. The van der Waals surface area contributed by atoms with Crippen molar-refractivity contribution in [2.45, 2.75) is 52.2 Å². The molecule has 0 aliphatic carbocycles. The fourth-order valence-electron chi connectivity index (χ4n) is 1.66. The van der Waals surface area contributed by atoms with Gasteiger partial charge in [0.05, 0.1) is 0 Å². The smallest absolute Gasteiger partial charge is 0.410 e. The Balaban J connectivity index is 5.07. The largest absolute Gasteiger partial charge is 0.438 e. The molecule has 1 amide bonds. The number of hydrogen-bond donors (Lipinski definition) is 1. The van der Waals surface area contributed by atoms with Crippen molar-refractivity contribution in [3.8, 4) is 0 Å². The Morgan fingerprint density at radius 1 is 1.29 bits per heavy atom. The molecule has 0 saturated heterocycles. The maximum absolute atomic E-state index is 13.8. The van der Waals surface area contributed by atoms with Gasteiger partial charge in [0.1, 0.15) is 6.10 Å². The molecule has 0 bridgehead atoms. The molecule has 0 aliphatic heterocycles. The second-order valence-electron chi connectivity index (χ2n) is 4.69. The van der Waals surface area contributed by atoms with E-state index in [1.165, 1.54) is 18.7 Å². The molecule has 0 aromatic rings.